The van der Waals surface area contributed by atoms with Gasteiger partial charge in [0, 0.05) is 4.88 Å². The Bertz CT molecular complexity index is 1030. The predicted octanol–water partition coefficient (Wildman–Crippen LogP) is 2.53. The third-order valence-corrected chi connectivity index (χ3v) is 5.52. The second-order valence-corrected chi connectivity index (χ2v) is 6.52. The van der Waals surface area contributed by atoms with Crippen LogP contribution in [0.2, 0.25) is 0 Å². The molecule has 0 saturated heterocycles. The van der Waals surface area contributed by atoms with Crippen LogP contribution in [0.25, 0.3) is 21.6 Å². The average Bonchev–Trinajstić information content (AvgIpc) is 3.13. The van der Waals surface area contributed by atoms with Crippen LogP contribution in [0.5, 0.6) is 0 Å². The van der Waals surface area contributed by atoms with Crippen LogP contribution in [-0.4, -0.2) is 29.2 Å². The van der Waals surface area contributed by atoms with E-state index in [-0.39, 0.29) is 0 Å². The minimum Gasteiger partial charge on any atom is -0.249 e. The fraction of sp³-hybridized carbons (Fsp3) is 0.333. The van der Waals surface area contributed by atoms with E-state index in [0.29, 0.717) is 10.5 Å². The van der Waals surface area contributed by atoms with Crippen molar-refractivity contribution >= 4 is 45.2 Å². The van der Waals surface area contributed by atoms with Gasteiger partial charge in [0.15, 0.2) is 5.65 Å². The maximum atomic E-state index is 5.38. The van der Waals surface area contributed by atoms with Gasteiger partial charge in [-0.2, -0.15) is 9.61 Å². The molecule has 0 amide bonds. The molecule has 1 aliphatic carbocycles. The lowest BCUT2D eigenvalue weighted by Crippen LogP contribution is -2.01. The van der Waals surface area contributed by atoms with Gasteiger partial charge in [-0.05, 0) is 43.5 Å². The normalized spacial score (nSPS) is 15.4. The minimum atomic E-state index is 0.612. The summed E-state index contributed by atoms with van der Waals surface area (Å²) in [6.07, 6.45) is 6.37. The van der Waals surface area contributed by atoms with Crippen LogP contribution in [0.15, 0.2) is 6.33 Å². The highest BCUT2D eigenvalue weighted by Crippen LogP contribution is 2.38. The Morgan fingerprint density at radius 2 is 2.20 bits per heavy atom. The van der Waals surface area contributed by atoms with Crippen molar-refractivity contribution in [1.29, 1.82) is 0 Å². The highest BCUT2D eigenvalue weighted by molar-refractivity contribution is 7.71. The molecule has 1 N–H and O–H groups in total. The average molecular weight is 302 g/mol. The summed E-state index contributed by atoms with van der Waals surface area (Å²) in [6, 6.07) is 0. The van der Waals surface area contributed by atoms with E-state index in [1.807, 2.05) is 15.7 Å². The molecule has 4 aromatic heterocycles. The summed E-state index contributed by atoms with van der Waals surface area (Å²) in [6.45, 7) is 0. The molecular formula is C12H10N6S2. The van der Waals surface area contributed by atoms with Gasteiger partial charge in [-0.1, -0.05) is 0 Å². The summed E-state index contributed by atoms with van der Waals surface area (Å²) in [5.41, 5.74) is 2.32. The molecule has 5 rings (SSSR count). The molecule has 0 radical (unpaired) electrons. The first kappa shape index (κ1) is 10.9. The number of H-pyrrole nitrogens is 1. The zero-order valence-corrected chi connectivity index (χ0v) is 12.1. The molecule has 8 heteroatoms. The maximum absolute atomic E-state index is 5.38. The molecular weight excluding hydrogens is 292 g/mol. The molecule has 0 aliphatic heterocycles. The molecule has 0 spiro atoms. The molecule has 0 unspecified atom stereocenters. The van der Waals surface area contributed by atoms with Gasteiger partial charge in [0.05, 0.1) is 5.39 Å². The van der Waals surface area contributed by atoms with Crippen molar-refractivity contribution in [3.05, 3.63) is 21.5 Å². The second-order valence-electron chi connectivity index (χ2n) is 5.05. The van der Waals surface area contributed by atoms with Gasteiger partial charge in [0.25, 0.3) is 5.78 Å². The van der Waals surface area contributed by atoms with Crippen LogP contribution in [0.4, 0.5) is 0 Å². The van der Waals surface area contributed by atoms with E-state index in [1.54, 1.807) is 10.8 Å². The molecule has 0 bridgehead atoms. The number of thiophene rings is 1. The fourth-order valence-corrected chi connectivity index (χ4v) is 4.78. The Hall–Kier alpha value is -1.80. The second kappa shape index (κ2) is 3.64. The highest BCUT2D eigenvalue weighted by Gasteiger charge is 2.22. The van der Waals surface area contributed by atoms with E-state index in [2.05, 4.69) is 20.3 Å². The van der Waals surface area contributed by atoms with Crippen molar-refractivity contribution in [2.75, 3.05) is 0 Å². The number of rotatable bonds is 0. The van der Waals surface area contributed by atoms with Crippen molar-refractivity contribution in [1.82, 2.24) is 29.2 Å². The van der Waals surface area contributed by atoms with E-state index in [1.165, 1.54) is 28.7 Å². The van der Waals surface area contributed by atoms with Crippen LogP contribution in [0, 0.1) is 4.77 Å². The fourth-order valence-electron chi connectivity index (χ4n) is 3.11. The summed E-state index contributed by atoms with van der Waals surface area (Å²) >= 11 is 7.20. The Morgan fingerprint density at radius 1 is 1.30 bits per heavy atom. The third kappa shape index (κ3) is 1.19. The van der Waals surface area contributed by atoms with Crippen molar-refractivity contribution in [2.24, 2.45) is 0 Å². The summed E-state index contributed by atoms with van der Waals surface area (Å²) < 4.78 is 4.37. The lowest BCUT2D eigenvalue weighted by Gasteiger charge is -2.10. The van der Waals surface area contributed by atoms with Gasteiger partial charge in [0.2, 0.25) is 4.77 Å². The molecule has 20 heavy (non-hydrogen) atoms. The van der Waals surface area contributed by atoms with Crippen LogP contribution in [-0.2, 0) is 12.8 Å². The first-order chi connectivity index (χ1) is 9.84. The number of aryl methyl sites for hydroxylation is 2. The summed E-state index contributed by atoms with van der Waals surface area (Å²) in [4.78, 5) is 7.05. The number of hydrogen-bond acceptors (Lipinski definition) is 5. The van der Waals surface area contributed by atoms with Crippen LogP contribution < -0.4 is 0 Å². The maximum Gasteiger partial charge on any atom is 0.257 e. The SMILES string of the molecule is S=c1[nH]nc2n3ncnc3c3c4c(sc3n12)CCCC4. The van der Waals surface area contributed by atoms with E-state index in [0.717, 1.165) is 23.3 Å². The molecule has 4 heterocycles. The molecule has 0 atom stereocenters. The molecule has 4 aromatic rings. The largest absolute Gasteiger partial charge is 0.257 e. The molecule has 0 aromatic carbocycles. The number of aromatic amines is 1. The monoisotopic (exact) mass is 302 g/mol. The minimum absolute atomic E-state index is 0.612. The van der Waals surface area contributed by atoms with Crippen molar-refractivity contribution < 1.29 is 0 Å². The number of fused-ring (bicyclic) bond motifs is 8. The highest BCUT2D eigenvalue weighted by atomic mass is 32.1. The Balaban J connectivity index is 2.17. The van der Waals surface area contributed by atoms with E-state index in [4.69, 9.17) is 12.2 Å². The summed E-state index contributed by atoms with van der Waals surface area (Å²) in [7, 11) is 0. The van der Waals surface area contributed by atoms with Crippen LogP contribution in [0.1, 0.15) is 23.3 Å². The summed E-state index contributed by atoms with van der Waals surface area (Å²) in [5.74, 6) is 0.702. The number of nitrogens with one attached hydrogen (secondary N) is 1. The van der Waals surface area contributed by atoms with Gasteiger partial charge in [-0.25, -0.2) is 14.5 Å². The molecule has 0 fully saturated rings. The summed E-state index contributed by atoms with van der Waals surface area (Å²) in [5, 5.41) is 12.7. The number of nitrogens with zero attached hydrogens (tertiary/aromatic N) is 5. The van der Waals surface area contributed by atoms with Gasteiger partial charge < -0.3 is 0 Å². The van der Waals surface area contributed by atoms with Crippen LogP contribution >= 0.6 is 23.6 Å². The lowest BCUT2D eigenvalue weighted by atomic mass is 9.97. The van der Waals surface area contributed by atoms with Crippen molar-refractivity contribution in [3.63, 3.8) is 0 Å². The Kier molecular flexibility index (Phi) is 1.99. The quantitative estimate of drug-likeness (QED) is 0.507. The molecule has 100 valence electrons. The van der Waals surface area contributed by atoms with Crippen molar-refractivity contribution in [2.45, 2.75) is 25.7 Å². The van der Waals surface area contributed by atoms with E-state index < -0.39 is 0 Å². The van der Waals surface area contributed by atoms with Crippen molar-refractivity contribution in [3.8, 4) is 0 Å². The lowest BCUT2D eigenvalue weighted by molar-refractivity contribution is 0.700. The number of aromatic nitrogens is 6. The molecule has 6 nitrogen and oxygen atoms in total. The van der Waals surface area contributed by atoms with E-state index in [9.17, 15) is 0 Å². The van der Waals surface area contributed by atoms with Crippen LogP contribution in [0.3, 0.4) is 0 Å². The Labute approximate surface area is 122 Å². The first-order valence-electron chi connectivity index (χ1n) is 6.57. The topological polar surface area (TPSA) is 63.3 Å². The Morgan fingerprint density at radius 3 is 3.15 bits per heavy atom. The van der Waals surface area contributed by atoms with E-state index >= 15 is 0 Å². The zero-order valence-electron chi connectivity index (χ0n) is 10.5. The smallest absolute Gasteiger partial charge is 0.249 e. The predicted molar refractivity (Wildman–Crippen MR) is 78.9 cm³/mol. The molecule has 1 aliphatic rings. The third-order valence-electron chi connectivity index (χ3n) is 3.97. The van der Waals surface area contributed by atoms with Gasteiger partial charge in [0.1, 0.15) is 11.2 Å². The standard InChI is InChI=1S/C12H10N6S2/c19-12-16-15-11-17(12)10-8(9-13-5-14-18(9)11)6-3-1-2-4-7(6)20-10/h5H,1-4H2,(H,16,19). The van der Waals surface area contributed by atoms with Gasteiger partial charge in [-0.15, -0.1) is 16.4 Å². The van der Waals surface area contributed by atoms with Gasteiger partial charge in [-0.3, -0.25) is 0 Å². The zero-order chi connectivity index (χ0) is 13.3. The first-order valence-corrected chi connectivity index (χ1v) is 7.80. The molecule has 0 saturated carbocycles. The van der Waals surface area contributed by atoms with Gasteiger partial charge >= 0.3 is 0 Å². The number of hydrogen-bond donors (Lipinski definition) is 1.